The van der Waals surface area contributed by atoms with Crippen LogP contribution in [0.5, 0.6) is 0 Å². The number of carbonyl (C=O) groups is 1. The van der Waals surface area contributed by atoms with Crippen molar-refractivity contribution >= 4 is 50.2 Å². The van der Waals surface area contributed by atoms with Crippen molar-refractivity contribution in [2.45, 2.75) is 6.92 Å². The van der Waals surface area contributed by atoms with Crippen LogP contribution in [-0.4, -0.2) is 21.0 Å². The number of hydrogen-bond acceptors (Lipinski definition) is 4. The number of aromatic amines is 1. The molecule has 0 fully saturated rings. The zero-order valence-corrected chi connectivity index (χ0v) is 15.9. The second-order valence-corrected chi connectivity index (χ2v) is 7.05. The van der Waals surface area contributed by atoms with Crippen molar-refractivity contribution in [3.8, 4) is 11.4 Å². The average Bonchev–Trinajstić information content (AvgIpc) is 3.22. The largest absolute Gasteiger partial charge is 0.351 e. The fraction of sp³-hybridized carbons (Fsp3) is 0.0556. The van der Waals surface area contributed by atoms with Crippen LogP contribution in [0.3, 0.4) is 0 Å². The van der Waals surface area contributed by atoms with Crippen molar-refractivity contribution in [2.24, 2.45) is 0 Å². The molecular weight excluding hydrogens is 420 g/mol. The first-order valence-electron chi connectivity index (χ1n) is 7.69. The van der Waals surface area contributed by atoms with Gasteiger partial charge in [0.15, 0.2) is 0 Å². The number of fused-ring (bicyclic) bond motifs is 1. The Morgan fingerprint density at radius 3 is 2.85 bits per heavy atom. The van der Waals surface area contributed by atoms with Crippen LogP contribution >= 0.6 is 27.5 Å². The Labute approximate surface area is 161 Å². The van der Waals surface area contributed by atoms with Crippen LogP contribution < -0.4 is 5.32 Å². The van der Waals surface area contributed by atoms with Gasteiger partial charge in [-0.15, -0.1) is 0 Å². The van der Waals surface area contributed by atoms with Gasteiger partial charge in [-0.05, 0) is 43.3 Å². The number of amides is 1. The Morgan fingerprint density at radius 2 is 2.08 bits per heavy atom. The van der Waals surface area contributed by atoms with E-state index in [-0.39, 0.29) is 5.76 Å². The lowest BCUT2D eigenvalue weighted by molar-refractivity contribution is 0.0988. The highest BCUT2D eigenvalue weighted by Crippen LogP contribution is 2.29. The van der Waals surface area contributed by atoms with Gasteiger partial charge in [-0.2, -0.15) is 0 Å². The summed E-state index contributed by atoms with van der Waals surface area (Å²) in [4.78, 5) is 20.1. The van der Waals surface area contributed by atoms with Crippen molar-refractivity contribution in [1.82, 2.24) is 15.1 Å². The summed E-state index contributed by atoms with van der Waals surface area (Å²) in [5.41, 5.74) is 3.65. The molecule has 0 radical (unpaired) electrons. The van der Waals surface area contributed by atoms with Crippen molar-refractivity contribution in [3.63, 3.8) is 0 Å². The molecule has 0 unspecified atom stereocenters. The number of anilines is 1. The summed E-state index contributed by atoms with van der Waals surface area (Å²) < 4.78 is 5.94. The van der Waals surface area contributed by atoms with Crippen LogP contribution in [-0.2, 0) is 0 Å². The number of aryl methyl sites for hydroxylation is 1. The molecule has 0 aliphatic heterocycles. The number of rotatable bonds is 3. The van der Waals surface area contributed by atoms with Gasteiger partial charge in [0.05, 0.1) is 27.4 Å². The molecule has 0 aliphatic carbocycles. The van der Waals surface area contributed by atoms with Gasteiger partial charge in [0.2, 0.25) is 5.76 Å². The molecule has 26 heavy (non-hydrogen) atoms. The van der Waals surface area contributed by atoms with Crippen LogP contribution in [0.2, 0.25) is 5.02 Å². The molecule has 0 spiro atoms. The summed E-state index contributed by atoms with van der Waals surface area (Å²) >= 11 is 9.67. The van der Waals surface area contributed by atoms with Crippen molar-refractivity contribution in [1.29, 1.82) is 0 Å². The van der Waals surface area contributed by atoms with Gasteiger partial charge in [0.25, 0.3) is 5.91 Å². The predicted molar refractivity (Wildman–Crippen MR) is 103 cm³/mol. The predicted octanol–water partition coefficient (Wildman–Crippen LogP) is 5.19. The SMILES string of the molecule is Cc1cc(C(=O)Nc2cc(-c3nc4ccc(Br)cc4[nH]3)ccc2Cl)on1. The van der Waals surface area contributed by atoms with Gasteiger partial charge >= 0.3 is 0 Å². The topological polar surface area (TPSA) is 83.8 Å². The number of nitrogens with one attached hydrogen (secondary N) is 2. The molecule has 130 valence electrons. The van der Waals surface area contributed by atoms with Crippen LogP contribution in [0.1, 0.15) is 16.2 Å². The average molecular weight is 432 g/mol. The molecular formula is C18H12BrClN4O2. The third kappa shape index (κ3) is 3.23. The van der Waals surface area contributed by atoms with Gasteiger partial charge in [-0.25, -0.2) is 4.98 Å². The molecule has 4 aromatic rings. The van der Waals surface area contributed by atoms with E-state index in [4.69, 9.17) is 16.1 Å². The van der Waals surface area contributed by atoms with E-state index in [9.17, 15) is 4.79 Å². The molecule has 0 aliphatic rings. The fourth-order valence-electron chi connectivity index (χ4n) is 2.54. The van der Waals surface area contributed by atoms with Gasteiger partial charge in [-0.1, -0.05) is 32.7 Å². The number of carbonyl (C=O) groups excluding carboxylic acids is 1. The van der Waals surface area contributed by atoms with Crippen LogP contribution in [0.25, 0.3) is 22.4 Å². The number of aromatic nitrogens is 3. The number of halogens is 2. The fourth-order valence-corrected chi connectivity index (χ4v) is 3.07. The van der Waals surface area contributed by atoms with Gasteiger partial charge in [-0.3, -0.25) is 4.79 Å². The second-order valence-electron chi connectivity index (χ2n) is 5.73. The molecule has 0 bridgehead atoms. The summed E-state index contributed by atoms with van der Waals surface area (Å²) in [6, 6.07) is 12.7. The van der Waals surface area contributed by atoms with Gasteiger partial charge in [0, 0.05) is 16.1 Å². The first-order valence-corrected chi connectivity index (χ1v) is 8.86. The summed E-state index contributed by atoms with van der Waals surface area (Å²) in [6.07, 6.45) is 0. The van der Waals surface area contributed by atoms with Gasteiger partial charge in [0.1, 0.15) is 5.82 Å². The molecule has 2 aromatic heterocycles. The minimum absolute atomic E-state index is 0.123. The molecule has 6 nitrogen and oxygen atoms in total. The van der Waals surface area contributed by atoms with E-state index < -0.39 is 5.91 Å². The Bertz CT molecular complexity index is 1140. The molecule has 0 saturated carbocycles. The standard InChI is InChI=1S/C18H12BrClN4O2/c1-9-6-16(26-24-9)18(25)23-14-7-10(2-4-12(14)20)17-21-13-5-3-11(19)8-15(13)22-17/h2-8H,1H3,(H,21,22)(H,23,25). The van der Waals surface area contributed by atoms with E-state index in [2.05, 4.69) is 36.4 Å². The first-order chi connectivity index (χ1) is 12.5. The highest BCUT2D eigenvalue weighted by atomic mass is 79.9. The number of nitrogens with zero attached hydrogens (tertiary/aromatic N) is 2. The lowest BCUT2D eigenvalue weighted by atomic mass is 10.2. The Balaban J connectivity index is 1.67. The van der Waals surface area contributed by atoms with Crippen molar-refractivity contribution in [3.05, 3.63) is 63.4 Å². The molecule has 0 saturated heterocycles. The second kappa shape index (κ2) is 6.59. The summed E-state index contributed by atoms with van der Waals surface area (Å²) in [6.45, 7) is 1.74. The lowest BCUT2D eigenvalue weighted by Gasteiger charge is -2.07. The smallest absolute Gasteiger partial charge is 0.294 e. The van der Waals surface area contributed by atoms with Gasteiger partial charge < -0.3 is 14.8 Å². The molecule has 2 aromatic carbocycles. The highest BCUT2D eigenvalue weighted by molar-refractivity contribution is 9.10. The zero-order valence-electron chi connectivity index (χ0n) is 13.5. The van der Waals surface area contributed by atoms with Crippen LogP contribution in [0, 0.1) is 6.92 Å². The van der Waals surface area contributed by atoms with Crippen molar-refractivity contribution < 1.29 is 9.32 Å². The van der Waals surface area contributed by atoms with E-state index >= 15 is 0 Å². The molecule has 8 heteroatoms. The quantitative estimate of drug-likeness (QED) is 0.467. The molecule has 4 rings (SSSR count). The van der Waals surface area contributed by atoms with E-state index in [0.29, 0.717) is 22.2 Å². The minimum atomic E-state index is -0.418. The van der Waals surface area contributed by atoms with Crippen molar-refractivity contribution in [2.75, 3.05) is 5.32 Å². The monoisotopic (exact) mass is 430 g/mol. The molecule has 2 heterocycles. The highest BCUT2D eigenvalue weighted by Gasteiger charge is 2.15. The van der Waals surface area contributed by atoms with Crippen LogP contribution in [0.4, 0.5) is 5.69 Å². The Morgan fingerprint density at radius 1 is 1.23 bits per heavy atom. The molecule has 1 amide bonds. The Hall–Kier alpha value is -2.64. The van der Waals surface area contributed by atoms with E-state index in [1.807, 2.05) is 24.3 Å². The Kier molecular flexibility index (Phi) is 4.26. The first kappa shape index (κ1) is 16.8. The zero-order chi connectivity index (χ0) is 18.3. The maximum atomic E-state index is 12.3. The third-order valence-electron chi connectivity index (χ3n) is 3.78. The summed E-state index contributed by atoms with van der Waals surface area (Å²) in [7, 11) is 0. The molecule has 0 atom stereocenters. The maximum absolute atomic E-state index is 12.3. The normalized spacial score (nSPS) is 11.0. The third-order valence-corrected chi connectivity index (χ3v) is 4.61. The van der Waals surface area contributed by atoms with E-state index in [1.165, 1.54) is 0 Å². The maximum Gasteiger partial charge on any atom is 0.294 e. The molecule has 2 N–H and O–H groups in total. The number of hydrogen-bond donors (Lipinski definition) is 2. The minimum Gasteiger partial charge on any atom is -0.351 e. The number of H-pyrrole nitrogens is 1. The van der Waals surface area contributed by atoms with E-state index in [0.717, 1.165) is 21.1 Å². The van der Waals surface area contributed by atoms with Crippen LogP contribution in [0.15, 0.2) is 51.5 Å². The lowest BCUT2D eigenvalue weighted by Crippen LogP contribution is -2.11. The summed E-state index contributed by atoms with van der Waals surface area (Å²) in [5, 5.41) is 6.86. The number of imidazole rings is 1. The summed E-state index contributed by atoms with van der Waals surface area (Å²) in [5.74, 6) is 0.386. The number of benzene rings is 2. The van der Waals surface area contributed by atoms with E-state index in [1.54, 1.807) is 25.1 Å².